The summed E-state index contributed by atoms with van der Waals surface area (Å²) in [6.07, 6.45) is 1.72. The Bertz CT molecular complexity index is 2100. The number of ether oxygens (including phenoxy) is 1. The fourth-order valence-electron chi connectivity index (χ4n) is 7.29. The van der Waals surface area contributed by atoms with Crippen molar-refractivity contribution in [3.8, 4) is 11.5 Å². The van der Waals surface area contributed by atoms with E-state index >= 15 is 9.18 Å². The number of phenolic OH excluding ortho intramolecular Hbond substituents is 1. The van der Waals surface area contributed by atoms with Gasteiger partial charge < -0.3 is 9.84 Å². The van der Waals surface area contributed by atoms with Crippen LogP contribution in [0.3, 0.4) is 0 Å². The highest BCUT2D eigenvalue weighted by Crippen LogP contribution is 2.62. The van der Waals surface area contributed by atoms with Gasteiger partial charge in [0.15, 0.2) is 11.6 Å². The smallest absolute Gasteiger partial charge is 0.347 e. The molecule has 0 unspecified atom stereocenters. The Kier molecular flexibility index (Phi) is 6.91. The Morgan fingerprint density at radius 1 is 1.00 bits per heavy atom. The lowest BCUT2D eigenvalue weighted by Gasteiger charge is -2.49. The molecular formula is C32H26Cl2FN5O6. The second-order valence-electron chi connectivity index (χ2n) is 11.5. The molecule has 11 nitrogen and oxygen atoms in total. The molecule has 1 saturated heterocycles. The molecule has 1 aromatic heterocycles. The largest absolute Gasteiger partial charge is 0.505 e. The number of hydrogen-bond donors (Lipinski definition) is 2. The highest BCUT2D eigenvalue weighted by molar-refractivity contribution is 6.36. The van der Waals surface area contributed by atoms with Crippen LogP contribution in [0, 0.1) is 11.7 Å². The number of allylic oxidation sites excluding steroid dienone is 2. The Morgan fingerprint density at radius 3 is 2.41 bits per heavy atom. The Labute approximate surface area is 270 Å². The number of imide groups is 1. The molecule has 0 radical (unpaired) electrons. The molecule has 4 aromatic rings. The van der Waals surface area contributed by atoms with Crippen LogP contribution < -0.4 is 21.5 Å². The van der Waals surface area contributed by atoms with Gasteiger partial charge in [-0.3, -0.25) is 15.0 Å². The van der Waals surface area contributed by atoms with Gasteiger partial charge in [-0.2, -0.15) is 5.01 Å². The van der Waals surface area contributed by atoms with E-state index in [9.17, 15) is 19.5 Å². The van der Waals surface area contributed by atoms with Gasteiger partial charge in [-0.1, -0.05) is 47.5 Å². The third-order valence-electron chi connectivity index (χ3n) is 9.34. The van der Waals surface area contributed by atoms with Gasteiger partial charge in [0.25, 0.3) is 11.8 Å². The molecule has 46 heavy (non-hydrogen) atoms. The van der Waals surface area contributed by atoms with E-state index < -0.39 is 58.1 Å². The number of hydrazine groups is 1. The van der Waals surface area contributed by atoms with Gasteiger partial charge in [0.1, 0.15) is 5.75 Å². The highest BCUT2D eigenvalue weighted by atomic mass is 35.5. The maximum atomic E-state index is 15.1. The lowest BCUT2D eigenvalue weighted by Crippen LogP contribution is -2.53. The van der Waals surface area contributed by atoms with Crippen molar-refractivity contribution in [1.29, 1.82) is 0 Å². The summed E-state index contributed by atoms with van der Waals surface area (Å²) in [4.78, 5) is 56.0. The third-order valence-corrected chi connectivity index (χ3v) is 9.89. The number of carbonyl (C=O) groups excluding carboxylic acids is 2. The van der Waals surface area contributed by atoms with E-state index in [1.807, 2.05) is 0 Å². The zero-order valence-corrected chi connectivity index (χ0v) is 25.9. The summed E-state index contributed by atoms with van der Waals surface area (Å²) in [6.45, 7) is 0.00561. The number of carbonyl (C=O) groups is 2. The molecule has 1 aliphatic carbocycles. The second kappa shape index (κ2) is 10.6. The van der Waals surface area contributed by atoms with Crippen molar-refractivity contribution in [2.24, 2.45) is 13.0 Å². The standard InChI is InChI=1S/C32H26Cl2FN5O6/c1-37-30(44)38-12-11-20-25(40(38)31(37)45)15-21-28(42)39(36-24-9-6-18(33)14-22(24)34)29(43)32(21,17-4-7-19(46-2)8-5-17)27(20)16-3-10-26(41)23(35)13-16/h3-11,13-14,21,25,27,36,41H,12,15H2,1-2H3/t21-,25+,27-,32+/m0/s1. The van der Waals surface area contributed by atoms with E-state index in [0.29, 0.717) is 27.5 Å². The molecule has 1 saturated carbocycles. The monoisotopic (exact) mass is 665 g/mol. The third kappa shape index (κ3) is 4.09. The number of rotatable bonds is 5. The van der Waals surface area contributed by atoms with Gasteiger partial charge in [0.2, 0.25) is 0 Å². The van der Waals surface area contributed by atoms with E-state index in [1.54, 1.807) is 36.4 Å². The summed E-state index contributed by atoms with van der Waals surface area (Å²) in [5.41, 5.74) is 1.63. The second-order valence-corrected chi connectivity index (χ2v) is 12.4. The summed E-state index contributed by atoms with van der Waals surface area (Å²) in [7, 11) is 2.87. The fourth-order valence-corrected chi connectivity index (χ4v) is 7.74. The molecule has 4 atom stereocenters. The number of aromatic hydroxyl groups is 1. The minimum atomic E-state index is -1.66. The number of nitrogens with one attached hydrogen (secondary N) is 1. The number of halogens is 3. The fraction of sp³-hybridized carbons (Fsp3) is 0.250. The maximum Gasteiger partial charge on any atom is 0.347 e. The zero-order chi connectivity index (χ0) is 32.7. The van der Waals surface area contributed by atoms with Crippen molar-refractivity contribution in [2.75, 3.05) is 12.5 Å². The molecule has 3 heterocycles. The molecule has 0 bridgehead atoms. The number of benzene rings is 3. The molecule has 14 heteroatoms. The van der Waals surface area contributed by atoms with E-state index in [4.69, 9.17) is 27.9 Å². The molecule has 3 aliphatic rings. The first-order valence-corrected chi connectivity index (χ1v) is 15.1. The van der Waals surface area contributed by atoms with E-state index in [0.717, 1.165) is 15.6 Å². The summed E-state index contributed by atoms with van der Waals surface area (Å²) < 4.78 is 24.1. The molecule has 7 rings (SSSR count). The Morgan fingerprint density at radius 2 is 1.74 bits per heavy atom. The average molecular weight is 666 g/mol. The van der Waals surface area contributed by atoms with Gasteiger partial charge in [-0.25, -0.2) is 27.9 Å². The van der Waals surface area contributed by atoms with Crippen molar-refractivity contribution in [2.45, 2.75) is 30.3 Å². The molecule has 2 N–H and O–H groups in total. The van der Waals surface area contributed by atoms with Crippen LogP contribution >= 0.6 is 23.2 Å². The first-order valence-electron chi connectivity index (χ1n) is 14.3. The lowest BCUT2D eigenvalue weighted by atomic mass is 9.53. The minimum absolute atomic E-state index is 0.00561. The van der Waals surface area contributed by atoms with Gasteiger partial charge in [-0.15, -0.1) is 0 Å². The van der Waals surface area contributed by atoms with Crippen LogP contribution in [0.1, 0.15) is 29.5 Å². The topological polar surface area (TPSA) is 128 Å². The Hall–Kier alpha value is -4.81. The van der Waals surface area contributed by atoms with Crippen molar-refractivity contribution in [1.82, 2.24) is 18.9 Å². The average Bonchev–Trinajstić information content (AvgIpc) is 3.40. The predicted octanol–water partition coefficient (Wildman–Crippen LogP) is 4.13. The number of amides is 2. The Balaban J connectivity index is 1.51. The van der Waals surface area contributed by atoms with Crippen molar-refractivity contribution < 1.29 is 23.8 Å². The van der Waals surface area contributed by atoms with E-state index in [-0.39, 0.29) is 23.7 Å². The highest BCUT2D eigenvalue weighted by Gasteiger charge is 2.68. The maximum absolute atomic E-state index is 15.1. The van der Waals surface area contributed by atoms with Crippen molar-refractivity contribution in [3.63, 3.8) is 0 Å². The van der Waals surface area contributed by atoms with Crippen LogP contribution in [0.25, 0.3) is 0 Å². The summed E-state index contributed by atoms with van der Waals surface area (Å²) in [5.74, 6) is -4.38. The predicted molar refractivity (Wildman–Crippen MR) is 167 cm³/mol. The van der Waals surface area contributed by atoms with Gasteiger partial charge in [0, 0.05) is 18.0 Å². The SMILES string of the molecule is COc1ccc([C@@]23C(=O)N(Nc4ccc(Cl)cc4Cl)C(=O)[C@@H]2C[C@@H]2C(=CCn4c(=O)n(C)c(=O)n42)[C@@H]3c2ccc(O)c(F)c2)cc1. The molecule has 2 fully saturated rings. The summed E-state index contributed by atoms with van der Waals surface area (Å²) in [6, 6.07) is 14.2. The summed E-state index contributed by atoms with van der Waals surface area (Å²) >= 11 is 12.5. The van der Waals surface area contributed by atoms with Gasteiger partial charge in [0.05, 0.1) is 41.7 Å². The first kappa shape index (κ1) is 29.9. The number of aromatic nitrogens is 3. The summed E-state index contributed by atoms with van der Waals surface area (Å²) in [5, 5.41) is 11.5. The number of anilines is 1. The van der Waals surface area contributed by atoms with E-state index in [1.165, 1.54) is 47.8 Å². The van der Waals surface area contributed by atoms with Gasteiger partial charge >= 0.3 is 11.4 Å². The van der Waals surface area contributed by atoms with Crippen LogP contribution in [0.5, 0.6) is 11.5 Å². The van der Waals surface area contributed by atoms with Crippen LogP contribution in [-0.2, 0) is 28.6 Å². The van der Waals surface area contributed by atoms with Crippen molar-refractivity contribution in [3.05, 3.63) is 120 Å². The van der Waals surface area contributed by atoms with Crippen molar-refractivity contribution >= 4 is 40.7 Å². The van der Waals surface area contributed by atoms with E-state index in [2.05, 4.69) is 5.43 Å². The number of phenols is 1. The molecule has 2 amide bonds. The van der Waals surface area contributed by atoms with Crippen LogP contribution in [0.4, 0.5) is 10.1 Å². The number of methoxy groups -OCH3 is 1. The number of nitrogens with zero attached hydrogens (tertiary/aromatic N) is 4. The first-order chi connectivity index (χ1) is 22.0. The van der Waals surface area contributed by atoms with Crippen LogP contribution in [0.15, 0.2) is 81.9 Å². The minimum Gasteiger partial charge on any atom is -0.505 e. The zero-order valence-electron chi connectivity index (χ0n) is 24.4. The molecule has 0 spiro atoms. The van der Waals surface area contributed by atoms with Gasteiger partial charge in [-0.05, 0) is 65.6 Å². The van der Waals surface area contributed by atoms with Crippen LogP contribution in [-0.4, -0.2) is 43.0 Å². The molecule has 236 valence electrons. The lowest BCUT2D eigenvalue weighted by molar-refractivity contribution is -0.138. The molecule has 3 aromatic carbocycles. The van der Waals surface area contributed by atoms with Crippen LogP contribution in [0.2, 0.25) is 10.0 Å². The molecular weight excluding hydrogens is 640 g/mol. The number of fused-ring (bicyclic) bond motifs is 4. The molecule has 2 aliphatic heterocycles. The quantitative estimate of drug-likeness (QED) is 0.242. The normalized spacial score (nSPS) is 23.5. The number of hydrogen-bond acceptors (Lipinski definition) is 7.